The molecule has 0 bridgehead atoms. The first-order chi connectivity index (χ1) is 8.32. The van der Waals surface area contributed by atoms with E-state index in [1.807, 2.05) is 20.8 Å². The molecule has 1 aromatic heterocycles. The maximum absolute atomic E-state index is 12.6. The molecule has 1 fully saturated rings. The molecule has 1 aliphatic heterocycles. The van der Waals surface area contributed by atoms with Gasteiger partial charge in [-0.3, -0.25) is 0 Å². The van der Waals surface area contributed by atoms with E-state index >= 15 is 0 Å². The summed E-state index contributed by atoms with van der Waals surface area (Å²) < 4.78 is 27.2. The number of sulfonamides is 1. The van der Waals surface area contributed by atoms with Crippen molar-refractivity contribution in [1.29, 1.82) is 0 Å². The summed E-state index contributed by atoms with van der Waals surface area (Å²) in [7, 11) is -3.34. The minimum Gasteiger partial charge on any atom is -0.328 e. The maximum atomic E-state index is 12.6. The average Bonchev–Trinajstić information content (AvgIpc) is 2.59. The van der Waals surface area contributed by atoms with Crippen molar-refractivity contribution in [3.8, 4) is 0 Å². The normalized spacial score (nSPS) is 26.4. The van der Waals surface area contributed by atoms with Gasteiger partial charge in [0.05, 0.1) is 0 Å². The number of nitrogens with zero attached hydrogens (tertiary/aromatic N) is 1. The van der Waals surface area contributed by atoms with Crippen LogP contribution >= 0.6 is 11.3 Å². The number of piperidine rings is 1. The van der Waals surface area contributed by atoms with Crippen LogP contribution in [0.25, 0.3) is 0 Å². The van der Waals surface area contributed by atoms with E-state index in [0.717, 1.165) is 23.3 Å². The number of rotatable bonds is 2. The minimum absolute atomic E-state index is 0.0125. The molecule has 0 spiro atoms. The van der Waals surface area contributed by atoms with Gasteiger partial charge in [0.1, 0.15) is 4.21 Å². The van der Waals surface area contributed by atoms with E-state index in [1.54, 1.807) is 10.4 Å². The third-order valence-corrected chi connectivity index (χ3v) is 7.18. The van der Waals surface area contributed by atoms with Crippen molar-refractivity contribution in [3.05, 3.63) is 16.5 Å². The Morgan fingerprint density at radius 3 is 2.61 bits per heavy atom. The van der Waals surface area contributed by atoms with E-state index in [-0.39, 0.29) is 12.1 Å². The first-order valence-electron chi connectivity index (χ1n) is 6.17. The fourth-order valence-corrected chi connectivity index (χ4v) is 5.63. The first kappa shape index (κ1) is 14.0. The van der Waals surface area contributed by atoms with Gasteiger partial charge in [-0.1, -0.05) is 0 Å². The lowest BCUT2D eigenvalue weighted by Gasteiger charge is -2.34. The molecule has 2 N–H and O–H groups in total. The van der Waals surface area contributed by atoms with Crippen molar-refractivity contribution in [2.75, 3.05) is 6.54 Å². The predicted molar refractivity (Wildman–Crippen MR) is 74.4 cm³/mol. The van der Waals surface area contributed by atoms with Gasteiger partial charge in [-0.05, 0) is 45.2 Å². The summed E-state index contributed by atoms with van der Waals surface area (Å²) in [6.07, 6.45) is 1.48. The van der Waals surface area contributed by atoms with Gasteiger partial charge in [0.15, 0.2) is 0 Å². The zero-order valence-electron chi connectivity index (χ0n) is 11.0. The van der Waals surface area contributed by atoms with Gasteiger partial charge in [-0.2, -0.15) is 4.31 Å². The Balaban J connectivity index is 2.31. The number of aryl methyl sites for hydroxylation is 2. The number of hydrogen-bond donors (Lipinski definition) is 1. The van der Waals surface area contributed by atoms with Crippen LogP contribution in [0.1, 0.15) is 30.2 Å². The molecule has 0 aromatic carbocycles. The highest BCUT2D eigenvalue weighted by Crippen LogP contribution is 2.31. The van der Waals surface area contributed by atoms with Crippen molar-refractivity contribution >= 4 is 21.4 Å². The van der Waals surface area contributed by atoms with Crippen molar-refractivity contribution in [2.45, 2.75) is 49.9 Å². The Morgan fingerprint density at radius 2 is 2.11 bits per heavy atom. The van der Waals surface area contributed by atoms with Crippen LogP contribution < -0.4 is 5.73 Å². The van der Waals surface area contributed by atoms with Crippen LogP contribution in [0.4, 0.5) is 0 Å². The van der Waals surface area contributed by atoms with E-state index in [4.69, 9.17) is 5.73 Å². The van der Waals surface area contributed by atoms with Crippen molar-refractivity contribution in [3.63, 3.8) is 0 Å². The fourth-order valence-electron chi connectivity index (χ4n) is 2.33. The Morgan fingerprint density at radius 1 is 1.44 bits per heavy atom. The highest BCUT2D eigenvalue weighted by molar-refractivity contribution is 7.91. The van der Waals surface area contributed by atoms with Gasteiger partial charge in [-0.25, -0.2) is 8.42 Å². The lowest BCUT2D eigenvalue weighted by molar-refractivity contribution is 0.247. The van der Waals surface area contributed by atoms with Crippen LogP contribution in [0.3, 0.4) is 0 Å². The molecule has 0 unspecified atom stereocenters. The maximum Gasteiger partial charge on any atom is 0.252 e. The predicted octanol–water partition coefficient (Wildman–Crippen LogP) is 1.87. The molecular formula is C12H20N2O2S2. The quantitative estimate of drug-likeness (QED) is 0.903. The van der Waals surface area contributed by atoms with Crippen LogP contribution in [0.5, 0.6) is 0 Å². The highest BCUT2D eigenvalue weighted by Gasteiger charge is 2.34. The molecule has 102 valence electrons. The van der Waals surface area contributed by atoms with Crippen LogP contribution in [-0.2, 0) is 10.0 Å². The summed E-state index contributed by atoms with van der Waals surface area (Å²) in [5.74, 6) is 0. The summed E-state index contributed by atoms with van der Waals surface area (Å²) in [4.78, 5) is 1.06. The average molecular weight is 288 g/mol. The summed E-state index contributed by atoms with van der Waals surface area (Å²) in [5.41, 5.74) is 6.92. The first-order valence-corrected chi connectivity index (χ1v) is 8.42. The summed E-state index contributed by atoms with van der Waals surface area (Å²) in [6, 6.07) is 1.89. The Bertz CT molecular complexity index is 517. The van der Waals surface area contributed by atoms with E-state index in [2.05, 4.69) is 0 Å². The zero-order valence-corrected chi connectivity index (χ0v) is 12.6. The fraction of sp³-hybridized carbons (Fsp3) is 0.667. The Hall–Kier alpha value is -0.430. The van der Waals surface area contributed by atoms with Crippen molar-refractivity contribution in [2.24, 2.45) is 5.73 Å². The largest absolute Gasteiger partial charge is 0.328 e. The van der Waals surface area contributed by atoms with Gasteiger partial charge in [0.25, 0.3) is 10.0 Å². The molecule has 0 amide bonds. The molecule has 2 rings (SSSR count). The molecule has 0 radical (unpaired) electrons. The van der Waals surface area contributed by atoms with E-state index < -0.39 is 10.0 Å². The highest BCUT2D eigenvalue weighted by atomic mass is 32.2. The van der Waals surface area contributed by atoms with E-state index in [9.17, 15) is 8.42 Å². The molecule has 4 nitrogen and oxygen atoms in total. The molecule has 1 aromatic rings. The molecule has 0 saturated carbocycles. The molecule has 18 heavy (non-hydrogen) atoms. The van der Waals surface area contributed by atoms with Crippen LogP contribution in [0, 0.1) is 13.8 Å². The Labute approximate surface area is 113 Å². The molecule has 2 atom stereocenters. The van der Waals surface area contributed by atoms with Crippen molar-refractivity contribution < 1.29 is 8.42 Å². The third-order valence-electron chi connectivity index (χ3n) is 3.56. The molecule has 2 heterocycles. The second-order valence-electron chi connectivity index (χ2n) is 5.05. The van der Waals surface area contributed by atoms with Crippen LogP contribution in [-0.4, -0.2) is 31.4 Å². The van der Waals surface area contributed by atoms with Gasteiger partial charge >= 0.3 is 0 Å². The summed E-state index contributed by atoms with van der Waals surface area (Å²) in [5, 5.41) is 0. The molecular weight excluding hydrogens is 268 g/mol. The summed E-state index contributed by atoms with van der Waals surface area (Å²) >= 11 is 1.36. The SMILES string of the molecule is Cc1cc(S(=O)(=O)N2CC[C@H](N)C[C@@H]2C)sc1C. The van der Waals surface area contributed by atoms with Crippen LogP contribution in [0.2, 0.25) is 0 Å². The lowest BCUT2D eigenvalue weighted by Crippen LogP contribution is -2.48. The van der Waals surface area contributed by atoms with Gasteiger partial charge in [0, 0.05) is 23.5 Å². The second kappa shape index (κ2) is 4.92. The van der Waals surface area contributed by atoms with Gasteiger partial charge < -0.3 is 5.73 Å². The molecule has 1 saturated heterocycles. The summed E-state index contributed by atoms with van der Waals surface area (Å²) in [6.45, 7) is 6.36. The molecule has 1 aliphatic rings. The van der Waals surface area contributed by atoms with Crippen LogP contribution in [0.15, 0.2) is 10.3 Å². The van der Waals surface area contributed by atoms with Gasteiger partial charge in [-0.15, -0.1) is 11.3 Å². The van der Waals surface area contributed by atoms with E-state index in [0.29, 0.717) is 10.8 Å². The number of hydrogen-bond acceptors (Lipinski definition) is 4. The van der Waals surface area contributed by atoms with Crippen molar-refractivity contribution in [1.82, 2.24) is 4.31 Å². The molecule has 0 aliphatic carbocycles. The second-order valence-corrected chi connectivity index (χ2v) is 8.43. The van der Waals surface area contributed by atoms with E-state index in [1.165, 1.54) is 11.3 Å². The lowest BCUT2D eigenvalue weighted by atomic mass is 10.0. The Kier molecular flexibility index (Phi) is 3.82. The number of nitrogens with two attached hydrogens (primary N) is 1. The van der Waals surface area contributed by atoms with Gasteiger partial charge in [0.2, 0.25) is 0 Å². The third kappa shape index (κ3) is 2.47. The topological polar surface area (TPSA) is 63.4 Å². The smallest absolute Gasteiger partial charge is 0.252 e. The monoisotopic (exact) mass is 288 g/mol. The minimum atomic E-state index is -3.34. The zero-order chi connectivity index (χ0) is 13.5. The number of thiophene rings is 1. The molecule has 6 heteroatoms. The standard InChI is InChI=1S/C12H20N2O2S2/c1-8-6-12(17-10(8)3)18(15,16)14-5-4-11(13)7-9(14)2/h6,9,11H,4-5,7,13H2,1-3H3/t9-,11-/m0/s1.